The van der Waals surface area contributed by atoms with Gasteiger partial charge in [0.25, 0.3) is 5.91 Å². The van der Waals surface area contributed by atoms with Crippen LogP contribution < -0.4 is 11.1 Å². The van der Waals surface area contributed by atoms with Crippen molar-refractivity contribution in [2.75, 3.05) is 31.9 Å². The lowest BCUT2D eigenvalue weighted by Crippen LogP contribution is -2.39. The van der Waals surface area contributed by atoms with Crippen LogP contribution in [0.15, 0.2) is 18.2 Å². The van der Waals surface area contributed by atoms with Crippen molar-refractivity contribution in [1.82, 2.24) is 10.2 Å². The van der Waals surface area contributed by atoms with E-state index in [2.05, 4.69) is 17.1 Å². The molecule has 0 aliphatic carbocycles. The Morgan fingerprint density at radius 1 is 1.45 bits per heavy atom. The van der Waals surface area contributed by atoms with Crippen molar-refractivity contribution >= 4 is 23.2 Å². The fraction of sp³-hybridized carbons (Fsp3) is 0.533. The molecule has 1 aromatic rings. The monoisotopic (exact) mass is 295 g/mol. The number of benzene rings is 1. The molecule has 5 heteroatoms. The second-order valence-electron chi connectivity index (χ2n) is 5.49. The van der Waals surface area contributed by atoms with Crippen LogP contribution in [0.1, 0.15) is 30.1 Å². The number of nitrogens with one attached hydrogen (secondary N) is 1. The van der Waals surface area contributed by atoms with Crippen molar-refractivity contribution in [2.24, 2.45) is 5.92 Å². The maximum atomic E-state index is 12.0. The zero-order chi connectivity index (χ0) is 14.5. The molecule has 0 unspecified atom stereocenters. The number of amides is 1. The summed E-state index contributed by atoms with van der Waals surface area (Å²) in [5.41, 5.74) is 6.57. The van der Waals surface area contributed by atoms with Crippen LogP contribution >= 0.6 is 11.6 Å². The Labute approximate surface area is 125 Å². The van der Waals surface area contributed by atoms with E-state index in [1.807, 2.05) is 0 Å². The number of likely N-dealkylation sites (tertiary alicyclic amines) is 1. The van der Waals surface area contributed by atoms with Crippen LogP contribution in [0.25, 0.3) is 0 Å². The minimum Gasteiger partial charge on any atom is -0.398 e. The van der Waals surface area contributed by atoms with Crippen LogP contribution in [0.5, 0.6) is 0 Å². The molecule has 1 saturated heterocycles. The van der Waals surface area contributed by atoms with E-state index in [1.165, 1.54) is 12.8 Å². The standard InChI is InChI=1S/C15H22ClN3O/c1-11-5-8-19(9-6-11)10-7-18-15(20)12-3-2-4-13(17)14(12)16/h2-4,11H,5-10,17H2,1H3,(H,18,20). The van der Waals surface area contributed by atoms with Gasteiger partial charge in [-0.3, -0.25) is 4.79 Å². The Hall–Kier alpha value is -1.26. The molecule has 4 nitrogen and oxygen atoms in total. The lowest BCUT2D eigenvalue weighted by molar-refractivity contribution is 0.0944. The number of rotatable bonds is 4. The van der Waals surface area contributed by atoms with Gasteiger partial charge in [0.05, 0.1) is 16.3 Å². The van der Waals surface area contributed by atoms with E-state index in [-0.39, 0.29) is 5.91 Å². The van der Waals surface area contributed by atoms with Crippen molar-refractivity contribution in [3.8, 4) is 0 Å². The van der Waals surface area contributed by atoms with Crippen LogP contribution in [-0.2, 0) is 0 Å². The zero-order valence-corrected chi connectivity index (χ0v) is 12.6. The Bertz CT molecular complexity index is 470. The van der Waals surface area contributed by atoms with Crippen molar-refractivity contribution in [2.45, 2.75) is 19.8 Å². The van der Waals surface area contributed by atoms with E-state index in [0.29, 0.717) is 22.8 Å². The average molecular weight is 296 g/mol. The minimum atomic E-state index is -0.160. The predicted molar refractivity (Wildman–Crippen MR) is 83.0 cm³/mol. The molecular weight excluding hydrogens is 274 g/mol. The largest absolute Gasteiger partial charge is 0.398 e. The first-order chi connectivity index (χ1) is 9.58. The van der Waals surface area contributed by atoms with Gasteiger partial charge in [-0.15, -0.1) is 0 Å². The highest BCUT2D eigenvalue weighted by Gasteiger charge is 2.16. The number of nitrogens with two attached hydrogens (primary N) is 1. The summed E-state index contributed by atoms with van der Waals surface area (Å²) in [6.45, 7) is 6.06. The van der Waals surface area contributed by atoms with Gasteiger partial charge in [0.1, 0.15) is 0 Å². The fourth-order valence-corrected chi connectivity index (χ4v) is 2.65. The van der Waals surface area contributed by atoms with Crippen LogP contribution in [0.3, 0.4) is 0 Å². The molecular formula is C15H22ClN3O. The van der Waals surface area contributed by atoms with Crippen LogP contribution in [0.4, 0.5) is 5.69 Å². The highest BCUT2D eigenvalue weighted by atomic mass is 35.5. The fourth-order valence-electron chi connectivity index (χ4n) is 2.43. The number of nitrogen functional groups attached to an aromatic ring is 1. The highest BCUT2D eigenvalue weighted by Crippen LogP contribution is 2.22. The Morgan fingerprint density at radius 2 is 2.15 bits per heavy atom. The van der Waals surface area contributed by atoms with Crippen LogP contribution in [0.2, 0.25) is 5.02 Å². The van der Waals surface area contributed by atoms with Gasteiger partial charge in [-0.1, -0.05) is 24.6 Å². The number of piperidine rings is 1. The first-order valence-corrected chi connectivity index (χ1v) is 7.50. The van der Waals surface area contributed by atoms with Gasteiger partial charge in [0.15, 0.2) is 0 Å². The molecule has 2 rings (SSSR count). The third-order valence-electron chi connectivity index (χ3n) is 3.86. The summed E-state index contributed by atoms with van der Waals surface area (Å²) in [6.07, 6.45) is 2.49. The van der Waals surface area contributed by atoms with Gasteiger partial charge in [-0.05, 0) is 44.0 Å². The third kappa shape index (κ3) is 3.87. The molecule has 0 saturated carbocycles. The van der Waals surface area contributed by atoms with Gasteiger partial charge in [-0.2, -0.15) is 0 Å². The number of anilines is 1. The second-order valence-corrected chi connectivity index (χ2v) is 5.87. The van der Waals surface area contributed by atoms with Gasteiger partial charge < -0.3 is 16.0 Å². The molecule has 110 valence electrons. The quantitative estimate of drug-likeness (QED) is 0.839. The maximum absolute atomic E-state index is 12.0. The van der Waals surface area contributed by atoms with E-state index in [4.69, 9.17) is 17.3 Å². The number of carbonyl (C=O) groups is 1. The predicted octanol–water partition coefficient (Wildman–Crippen LogP) is 2.38. The number of hydrogen-bond donors (Lipinski definition) is 2. The summed E-state index contributed by atoms with van der Waals surface area (Å²) in [5.74, 6) is 0.666. The van der Waals surface area contributed by atoms with Gasteiger partial charge in [0, 0.05) is 13.1 Å². The molecule has 0 aromatic heterocycles. The van der Waals surface area contributed by atoms with Crippen molar-refractivity contribution in [1.29, 1.82) is 0 Å². The number of nitrogens with zero attached hydrogens (tertiary/aromatic N) is 1. The van der Waals surface area contributed by atoms with Gasteiger partial charge in [-0.25, -0.2) is 0 Å². The Morgan fingerprint density at radius 3 is 2.85 bits per heavy atom. The minimum absolute atomic E-state index is 0.160. The molecule has 20 heavy (non-hydrogen) atoms. The molecule has 1 fully saturated rings. The molecule has 1 amide bonds. The first kappa shape index (κ1) is 15.1. The molecule has 3 N–H and O–H groups in total. The normalized spacial score (nSPS) is 17.1. The van der Waals surface area contributed by atoms with Gasteiger partial charge in [0.2, 0.25) is 0 Å². The average Bonchev–Trinajstić information content (AvgIpc) is 2.44. The number of halogens is 1. The SMILES string of the molecule is CC1CCN(CCNC(=O)c2cccc(N)c2Cl)CC1. The Kier molecular flexibility index (Phi) is 5.26. The van der Waals surface area contributed by atoms with E-state index in [9.17, 15) is 4.79 Å². The number of hydrogen-bond acceptors (Lipinski definition) is 3. The van der Waals surface area contributed by atoms with E-state index < -0.39 is 0 Å². The number of carbonyl (C=O) groups excluding carboxylic acids is 1. The van der Waals surface area contributed by atoms with E-state index >= 15 is 0 Å². The topological polar surface area (TPSA) is 58.4 Å². The van der Waals surface area contributed by atoms with E-state index in [0.717, 1.165) is 25.6 Å². The Balaban J connectivity index is 1.79. The lowest BCUT2D eigenvalue weighted by atomic mass is 9.99. The molecule has 1 aliphatic heterocycles. The zero-order valence-electron chi connectivity index (χ0n) is 11.9. The molecule has 0 radical (unpaired) electrons. The molecule has 1 aliphatic rings. The summed E-state index contributed by atoms with van der Waals surface area (Å²) < 4.78 is 0. The third-order valence-corrected chi connectivity index (χ3v) is 4.28. The highest BCUT2D eigenvalue weighted by molar-refractivity contribution is 6.36. The van der Waals surface area contributed by atoms with Gasteiger partial charge >= 0.3 is 0 Å². The molecule has 0 atom stereocenters. The molecule has 0 bridgehead atoms. The summed E-state index contributed by atoms with van der Waals surface area (Å²) >= 11 is 6.04. The smallest absolute Gasteiger partial charge is 0.252 e. The second kappa shape index (κ2) is 6.95. The molecule has 1 heterocycles. The maximum Gasteiger partial charge on any atom is 0.252 e. The summed E-state index contributed by atoms with van der Waals surface area (Å²) in [4.78, 5) is 14.4. The van der Waals surface area contributed by atoms with Crippen molar-refractivity contribution < 1.29 is 4.79 Å². The van der Waals surface area contributed by atoms with Crippen molar-refractivity contribution in [3.05, 3.63) is 28.8 Å². The van der Waals surface area contributed by atoms with Crippen molar-refractivity contribution in [3.63, 3.8) is 0 Å². The first-order valence-electron chi connectivity index (χ1n) is 7.12. The van der Waals surface area contributed by atoms with Crippen LogP contribution in [0, 0.1) is 5.92 Å². The molecule has 0 spiro atoms. The van der Waals surface area contributed by atoms with Crippen LogP contribution in [-0.4, -0.2) is 37.0 Å². The lowest BCUT2D eigenvalue weighted by Gasteiger charge is -2.30. The molecule has 1 aromatic carbocycles. The summed E-state index contributed by atoms with van der Waals surface area (Å²) in [6, 6.07) is 5.12. The summed E-state index contributed by atoms with van der Waals surface area (Å²) in [5, 5.41) is 3.24. The summed E-state index contributed by atoms with van der Waals surface area (Å²) in [7, 11) is 0. The van der Waals surface area contributed by atoms with E-state index in [1.54, 1.807) is 18.2 Å².